The maximum Gasteiger partial charge on any atom is 0.0416 e. The van der Waals surface area contributed by atoms with Crippen LogP contribution in [0.4, 0.5) is 0 Å². The van der Waals surface area contributed by atoms with Gasteiger partial charge in [-0.05, 0) is 17.7 Å². The van der Waals surface area contributed by atoms with Crippen LogP contribution in [0.1, 0.15) is 6.92 Å². The summed E-state index contributed by atoms with van der Waals surface area (Å²) >= 11 is 8.10. The normalized spacial score (nSPS) is 9.00. The smallest absolute Gasteiger partial charge is 0.0416 e. The van der Waals surface area contributed by atoms with Crippen LogP contribution in [0.15, 0.2) is 48.5 Å². The van der Waals surface area contributed by atoms with E-state index in [1.54, 1.807) is 6.92 Å². The zero-order valence-electron chi connectivity index (χ0n) is 7.97. The van der Waals surface area contributed by atoms with Crippen molar-refractivity contribution in [3.8, 4) is 0 Å². The highest BCUT2D eigenvalue weighted by Crippen LogP contribution is 2.11. The molecule has 72 valence electrons. The summed E-state index contributed by atoms with van der Waals surface area (Å²) in [5, 5.41) is 2.62. The maximum absolute atomic E-state index is 4.40. The van der Waals surface area contributed by atoms with Gasteiger partial charge < -0.3 is 0 Å². The third-order valence-electron chi connectivity index (χ3n) is 1.66. The van der Waals surface area contributed by atoms with Crippen LogP contribution < -0.4 is 0 Å². The van der Waals surface area contributed by atoms with E-state index in [4.69, 9.17) is 0 Å². The minimum absolute atomic E-state index is 0.694. The van der Waals surface area contributed by atoms with Crippen LogP contribution >= 0.6 is 24.8 Å². The third-order valence-corrected chi connectivity index (χ3v) is 1.66. The molecule has 0 saturated heterocycles. The van der Waals surface area contributed by atoms with E-state index in [9.17, 15) is 0 Å². The second-order valence-corrected chi connectivity index (χ2v) is 4.45. The third kappa shape index (κ3) is 3.90. The highest BCUT2D eigenvalue weighted by Gasteiger charge is 1.85. The lowest BCUT2D eigenvalue weighted by Gasteiger charge is -1.92. The van der Waals surface area contributed by atoms with Gasteiger partial charge in [-0.3, -0.25) is 0 Å². The van der Waals surface area contributed by atoms with E-state index >= 15 is 0 Å². The molecule has 0 bridgehead atoms. The Bertz CT molecular complexity index is 352. The number of fused-ring (bicyclic) bond motifs is 1. The first-order valence-corrected chi connectivity index (χ1v) is 5.19. The van der Waals surface area contributed by atoms with E-state index in [0.717, 1.165) is 0 Å². The van der Waals surface area contributed by atoms with E-state index in [1.807, 2.05) is 0 Å². The summed E-state index contributed by atoms with van der Waals surface area (Å²) < 4.78 is 0.694. The van der Waals surface area contributed by atoms with Crippen LogP contribution in [-0.4, -0.2) is 4.20 Å². The Labute approximate surface area is 95.4 Å². The van der Waals surface area contributed by atoms with Crippen molar-refractivity contribution < 1.29 is 0 Å². The van der Waals surface area contributed by atoms with Gasteiger partial charge in [0.25, 0.3) is 0 Å². The predicted octanol–water partition coefficient (Wildman–Crippen LogP) is 4.10. The van der Waals surface area contributed by atoms with E-state index in [0.29, 0.717) is 4.20 Å². The fourth-order valence-corrected chi connectivity index (χ4v) is 1.13. The van der Waals surface area contributed by atoms with Crippen LogP contribution in [0.2, 0.25) is 0 Å². The summed E-state index contributed by atoms with van der Waals surface area (Å²) in [6, 6.07) is 16.7. The van der Waals surface area contributed by atoms with E-state index in [2.05, 4.69) is 73.4 Å². The molecule has 0 fully saturated rings. The average Bonchev–Trinajstić information content (AvgIpc) is 2.17. The van der Waals surface area contributed by atoms with Crippen LogP contribution in [0.25, 0.3) is 10.8 Å². The van der Waals surface area contributed by atoms with Gasteiger partial charge in [0.1, 0.15) is 0 Å². The van der Waals surface area contributed by atoms with E-state index < -0.39 is 0 Å². The van der Waals surface area contributed by atoms with Crippen LogP contribution in [0.5, 0.6) is 0 Å². The zero-order chi connectivity index (χ0) is 10.4. The minimum atomic E-state index is 0.694. The monoisotopic (exact) mass is 220 g/mol. The zero-order valence-corrected chi connectivity index (χ0v) is 9.69. The number of benzene rings is 2. The molecule has 0 saturated carbocycles. The van der Waals surface area contributed by atoms with Crippen LogP contribution in [0.3, 0.4) is 0 Å². The van der Waals surface area contributed by atoms with Crippen molar-refractivity contribution in [2.24, 2.45) is 0 Å². The molecule has 2 aromatic carbocycles. The lowest BCUT2D eigenvalue weighted by Crippen LogP contribution is -1.67. The molecule has 0 aliphatic carbocycles. The first-order chi connectivity index (χ1) is 6.70. The second-order valence-electron chi connectivity index (χ2n) is 2.87. The second kappa shape index (κ2) is 5.78. The Morgan fingerprint density at radius 3 is 1.36 bits per heavy atom. The molecule has 0 aliphatic rings. The summed E-state index contributed by atoms with van der Waals surface area (Å²) in [5.74, 6) is 0. The summed E-state index contributed by atoms with van der Waals surface area (Å²) in [7, 11) is 0. The lowest BCUT2D eigenvalue weighted by molar-refractivity contribution is 1.75. The van der Waals surface area contributed by atoms with Gasteiger partial charge in [-0.1, -0.05) is 60.7 Å². The highest BCUT2D eigenvalue weighted by atomic mass is 32.1. The molecule has 0 spiro atoms. The fourth-order valence-electron chi connectivity index (χ4n) is 1.13. The molecule has 0 radical (unpaired) electrons. The molecule has 14 heavy (non-hydrogen) atoms. The molecule has 0 amide bonds. The predicted molar refractivity (Wildman–Crippen MR) is 71.2 cm³/mol. The van der Waals surface area contributed by atoms with Gasteiger partial charge >= 0.3 is 0 Å². The molecule has 0 N–H and O–H groups in total. The molecule has 0 aromatic heterocycles. The molecule has 2 aromatic rings. The van der Waals surface area contributed by atoms with Crippen molar-refractivity contribution in [2.45, 2.75) is 6.92 Å². The number of hydrogen-bond acceptors (Lipinski definition) is 1. The first-order valence-electron chi connectivity index (χ1n) is 4.33. The minimum Gasteiger partial charge on any atom is -0.137 e. The molecule has 0 heterocycles. The Balaban J connectivity index is 0.000000213. The Morgan fingerprint density at radius 2 is 1.14 bits per heavy atom. The largest absolute Gasteiger partial charge is 0.137 e. The van der Waals surface area contributed by atoms with Gasteiger partial charge in [-0.2, -0.15) is 0 Å². The van der Waals surface area contributed by atoms with Gasteiger partial charge in [-0.25, -0.2) is 0 Å². The van der Waals surface area contributed by atoms with Crippen molar-refractivity contribution in [3.63, 3.8) is 0 Å². The van der Waals surface area contributed by atoms with E-state index in [-0.39, 0.29) is 0 Å². The van der Waals surface area contributed by atoms with Crippen LogP contribution in [-0.2, 0) is 0 Å². The Kier molecular flexibility index (Phi) is 4.63. The first kappa shape index (κ1) is 11.2. The average molecular weight is 220 g/mol. The number of hydrogen-bond donors (Lipinski definition) is 1. The molecular weight excluding hydrogens is 208 g/mol. The molecule has 0 atom stereocenters. The summed E-state index contributed by atoms with van der Waals surface area (Å²) in [5.41, 5.74) is 0. The molecule has 2 rings (SSSR count). The lowest BCUT2D eigenvalue weighted by atomic mass is 10.1. The van der Waals surface area contributed by atoms with Gasteiger partial charge in [-0.15, -0.1) is 12.6 Å². The number of thiol groups is 1. The number of thiocarbonyl (C=S) groups is 1. The summed E-state index contributed by atoms with van der Waals surface area (Å²) in [6.45, 7) is 1.76. The Hall–Kier alpha value is -0.860. The SMILES string of the molecule is CC(=S)S.c1ccc2ccccc2c1. The maximum atomic E-state index is 4.40. The van der Waals surface area contributed by atoms with Gasteiger partial charge in [0.05, 0.1) is 0 Å². The topological polar surface area (TPSA) is 0 Å². The van der Waals surface area contributed by atoms with Crippen molar-refractivity contribution in [2.75, 3.05) is 0 Å². The highest BCUT2D eigenvalue weighted by molar-refractivity contribution is 8.11. The molecular formula is C12H12S2. The number of rotatable bonds is 0. The summed E-state index contributed by atoms with van der Waals surface area (Å²) in [6.07, 6.45) is 0. The molecule has 0 aliphatic heterocycles. The van der Waals surface area contributed by atoms with Crippen molar-refractivity contribution in [3.05, 3.63) is 48.5 Å². The van der Waals surface area contributed by atoms with Gasteiger partial charge in [0, 0.05) is 4.20 Å². The van der Waals surface area contributed by atoms with Crippen molar-refractivity contribution in [1.82, 2.24) is 0 Å². The molecule has 0 unspecified atom stereocenters. The standard InChI is InChI=1S/C10H8.C2H4S2/c1-2-6-10-8-4-3-7-9(10)5-1;1-2(3)4/h1-8H;1H3,(H,3,4). The van der Waals surface area contributed by atoms with Crippen LogP contribution in [0, 0.1) is 0 Å². The fraction of sp³-hybridized carbons (Fsp3) is 0.0833. The molecule has 2 heteroatoms. The summed E-state index contributed by atoms with van der Waals surface area (Å²) in [4.78, 5) is 0. The Morgan fingerprint density at radius 1 is 0.929 bits per heavy atom. The van der Waals surface area contributed by atoms with Gasteiger partial charge in [0.2, 0.25) is 0 Å². The quantitative estimate of drug-likeness (QED) is 0.515. The van der Waals surface area contributed by atoms with E-state index in [1.165, 1.54) is 10.8 Å². The van der Waals surface area contributed by atoms with Crippen molar-refractivity contribution >= 4 is 39.8 Å². The van der Waals surface area contributed by atoms with Crippen molar-refractivity contribution in [1.29, 1.82) is 0 Å². The van der Waals surface area contributed by atoms with Gasteiger partial charge in [0.15, 0.2) is 0 Å². The molecule has 0 nitrogen and oxygen atoms in total.